The molecule has 0 aliphatic heterocycles. The number of para-hydroxylation sites is 1. The summed E-state index contributed by atoms with van der Waals surface area (Å²) in [7, 11) is -4.41. The number of carboxylic acid groups (broad SMARTS) is 2. The Hall–Kier alpha value is -2.49. The summed E-state index contributed by atoms with van der Waals surface area (Å²) in [5, 5.41) is 26.0. The summed E-state index contributed by atoms with van der Waals surface area (Å²) in [6, 6.07) is 4.96. The summed E-state index contributed by atoms with van der Waals surface area (Å²) in [6.07, 6.45) is -1.11. The number of rotatable bonds is 7. The molecule has 21 heavy (non-hydrogen) atoms. The lowest BCUT2D eigenvalue weighted by Gasteiger charge is -2.11. The van der Waals surface area contributed by atoms with Crippen LogP contribution in [0.3, 0.4) is 0 Å². The van der Waals surface area contributed by atoms with Crippen LogP contribution in [-0.4, -0.2) is 40.7 Å². The summed E-state index contributed by atoms with van der Waals surface area (Å²) in [4.78, 5) is 31.5. The molecule has 0 spiro atoms. The number of sulfone groups is 1. The molecule has 1 aromatic rings. The van der Waals surface area contributed by atoms with Gasteiger partial charge in [0, 0.05) is 11.6 Å². The highest BCUT2D eigenvalue weighted by atomic mass is 32.2. The molecule has 1 rings (SSSR count). The van der Waals surface area contributed by atoms with E-state index in [1.165, 1.54) is 18.2 Å². The van der Waals surface area contributed by atoms with Crippen molar-refractivity contribution in [2.75, 3.05) is 0 Å². The molecule has 0 aromatic heterocycles. The van der Waals surface area contributed by atoms with E-state index in [-0.39, 0.29) is 5.56 Å². The lowest BCUT2D eigenvalue weighted by atomic mass is 10.2. The van der Waals surface area contributed by atoms with Gasteiger partial charge in [-0.25, -0.2) is 8.42 Å². The zero-order valence-corrected chi connectivity index (χ0v) is 11.3. The first-order valence-corrected chi connectivity index (χ1v) is 7.25. The van der Waals surface area contributed by atoms with Crippen molar-refractivity contribution in [3.8, 4) is 0 Å². The maximum Gasteiger partial charge on any atom is 0.322 e. The van der Waals surface area contributed by atoms with E-state index in [1.54, 1.807) is 0 Å². The Bertz CT molecular complexity index is 681. The van der Waals surface area contributed by atoms with Gasteiger partial charge in [-0.1, -0.05) is 18.2 Å². The molecule has 0 saturated heterocycles. The molecule has 0 bridgehead atoms. The van der Waals surface area contributed by atoms with E-state index in [2.05, 4.69) is 0 Å². The van der Waals surface area contributed by atoms with Gasteiger partial charge in [-0.2, -0.15) is 0 Å². The van der Waals surface area contributed by atoms with E-state index in [1.807, 2.05) is 0 Å². The third kappa shape index (κ3) is 4.24. The first-order valence-electron chi connectivity index (χ1n) is 5.53. The van der Waals surface area contributed by atoms with Gasteiger partial charge in [0.25, 0.3) is 5.69 Å². The monoisotopic (exact) mass is 317 g/mol. The molecule has 0 radical (unpaired) electrons. The average Bonchev–Trinajstić information content (AvgIpc) is 2.35. The Morgan fingerprint density at radius 1 is 1.24 bits per heavy atom. The van der Waals surface area contributed by atoms with E-state index < -0.39 is 49.8 Å². The molecule has 0 aliphatic rings. The minimum atomic E-state index is -4.41. The van der Waals surface area contributed by atoms with E-state index in [0.717, 1.165) is 6.07 Å². The van der Waals surface area contributed by atoms with Gasteiger partial charge in [0.2, 0.25) is 0 Å². The van der Waals surface area contributed by atoms with Crippen molar-refractivity contribution < 1.29 is 33.1 Å². The van der Waals surface area contributed by atoms with Gasteiger partial charge in [0.1, 0.15) is 0 Å². The predicted octanol–water partition coefficient (Wildman–Crippen LogP) is 0.438. The molecule has 2 N–H and O–H groups in total. The maximum absolute atomic E-state index is 12.0. The largest absolute Gasteiger partial charge is 0.481 e. The molecule has 0 heterocycles. The SMILES string of the molecule is O=C(O)CC(C(=O)O)S(=O)(=O)Cc1ccccc1[N+](=O)[O-]. The van der Waals surface area contributed by atoms with Gasteiger partial charge in [0.05, 0.1) is 17.1 Å². The quantitative estimate of drug-likeness (QED) is 0.542. The third-order valence-electron chi connectivity index (χ3n) is 2.61. The average molecular weight is 317 g/mol. The van der Waals surface area contributed by atoms with Crippen LogP contribution in [0.25, 0.3) is 0 Å². The second kappa shape index (κ2) is 6.31. The van der Waals surface area contributed by atoms with E-state index in [9.17, 15) is 28.1 Å². The summed E-state index contributed by atoms with van der Waals surface area (Å²) >= 11 is 0. The first kappa shape index (κ1) is 16.6. The third-order valence-corrected chi connectivity index (χ3v) is 4.56. The van der Waals surface area contributed by atoms with Crippen LogP contribution >= 0.6 is 0 Å². The molecule has 114 valence electrons. The number of hydrogen-bond donors (Lipinski definition) is 2. The lowest BCUT2D eigenvalue weighted by Crippen LogP contribution is -2.33. The summed E-state index contributed by atoms with van der Waals surface area (Å²) in [5.74, 6) is -4.32. The minimum Gasteiger partial charge on any atom is -0.481 e. The number of nitrogens with zero attached hydrogens (tertiary/aromatic N) is 1. The smallest absolute Gasteiger partial charge is 0.322 e. The number of nitro benzene ring substituents is 1. The van der Waals surface area contributed by atoms with Crippen LogP contribution in [-0.2, 0) is 25.2 Å². The fraction of sp³-hybridized carbons (Fsp3) is 0.273. The number of nitro groups is 1. The molecule has 10 heteroatoms. The van der Waals surface area contributed by atoms with E-state index in [4.69, 9.17) is 10.2 Å². The second-order valence-electron chi connectivity index (χ2n) is 4.12. The molecule has 0 fully saturated rings. The maximum atomic E-state index is 12.0. The molecular weight excluding hydrogens is 306 g/mol. The Kier molecular flexibility index (Phi) is 4.97. The Labute approximate surface area is 118 Å². The lowest BCUT2D eigenvalue weighted by molar-refractivity contribution is -0.385. The van der Waals surface area contributed by atoms with Crippen molar-refractivity contribution >= 4 is 27.5 Å². The number of aliphatic carboxylic acids is 2. The highest BCUT2D eigenvalue weighted by Crippen LogP contribution is 2.22. The van der Waals surface area contributed by atoms with Gasteiger partial charge >= 0.3 is 11.9 Å². The molecule has 9 nitrogen and oxygen atoms in total. The van der Waals surface area contributed by atoms with Gasteiger partial charge in [-0.3, -0.25) is 19.7 Å². The standard InChI is InChI=1S/C11H11NO8S/c13-10(14)5-9(11(15)16)21(19,20)6-7-3-1-2-4-8(7)12(17)18/h1-4,9H,5-6H2,(H,13,14)(H,15,16). The molecular formula is C11H11NO8S. The molecule has 0 aliphatic carbocycles. The van der Waals surface area contributed by atoms with Crippen LogP contribution in [0.5, 0.6) is 0 Å². The van der Waals surface area contributed by atoms with Gasteiger partial charge in [-0.15, -0.1) is 0 Å². The van der Waals surface area contributed by atoms with Crippen molar-refractivity contribution in [3.63, 3.8) is 0 Å². The van der Waals surface area contributed by atoms with Crippen molar-refractivity contribution in [1.29, 1.82) is 0 Å². The van der Waals surface area contributed by atoms with Crippen molar-refractivity contribution in [2.24, 2.45) is 0 Å². The van der Waals surface area contributed by atoms with Crippen molar-refractivity contribution in [1.82, 2.24) is 0 Å². The molecule has 0 amide bonds. The number of carbonyl (C=O) groups is 2. The van der Waals surface area contributed by atoms with Crippen molar-refractivity contribution in [3.05, 3.63) is 39.9 Å². The van der Waals surface area contributed by atoms with Crippen molar-refractivity contribution in [2.45, 2.75) is 17.4 Å². The van der Waals surface area contributed by atoms with Crippen LogP contribution in [0.1, 0.15) is 12.0 Å². The summed E-state index contributed by atoms with van der Waals surface area (Å²) in [6.45, 7) is 0. The minimum absolute atomic E-state index is 0.195. The zero-order valence-electron chi connectivity index (χ0n) is 10.5. The molecule has 0 saturated carbocycles. The highest BCUT2D eigenvalue weighted by molar-refractivity contribution is 7.92. The van der Waals surface area contributed by atoms with E-state index in [0.29, 0.717) is 0 Å². The van der Waals surface area contributed by atoms with Crippen LogP contribution < -0.4 is 0 Å². The van der Waals surface area contributed by atoms with Gasteiger partial charge in [-0.05, 0) is 0 Å². The molecule has 1 aromatic carbocycles. The summed E-state index contributed by atoms with van der Waals surface area (Å²) in [5.41, 5.74) is -0.667. The number of benzene rings is 1. The van der Waals surface area contributed by atoms with Gasteiger partial charge in [0.15, 0.2) is 15.1 Å². The van der Waals surface area contributed by atoms with Gasteiger partial charge < -0.3 is 10.2 Å². The normalized spacial score (nSPS) is 12.6. The predicted molar refractivity (Wildman–Crippen MR) is 69.4 cm³/mol. The van der Waals surface area contributed by atoms with Crippen LogP contribution in [0.15, 0.2) is 24.3 Å². The Morgan fingerprint density at radius 3 is 2.29 bits per heavy atom. The van der Waals surface area contributed by atoms with Crippen LogP contribution in [0.4, 0.5) is 5.69 Å². The topological polar surface area (TPSA) is 152 Å². The fourth-order valence-corrected chi connectivity index (χ4v) is 3.24. The Balaban J connectivity index is 3.18. The first-order chi connectivity index (χ1) is 9.65. The second-order valence-corrected chi connectivity index (χ2v) is 6.30. The number of hydrogen-bond acceptors (Lipinski definition) is 6. The molecule has 1 atom stereocenters. The zero-order chi connectivity index (χ0) is 16.2. The molecule has 1 unspecified atom stereocenters. The fourth-order valence-electron chi connectivity index (χ4n) is 1.65. The van der Waals surface area contributed by atoms with Crippen LogP contribution in [0, 0.1) is 10.1 Å². The Morgan fingerprint density at radius 2 is 1.81 bits per heavy atom. The number of carboxylic acids is 2. The van der Waals surface area contributed by atoms with E-state index >= 15 is 0 Å². The highest BCUT2D eigenvalue weighted by Gasteiger charge is 2.36. The van der Waals surface area contributed by atoms with Crippen LogP contribution in [0.2, 0.25) is 0 Å². The summed E-state index contributed by atoms with van der Waals surface area (Å²) < 4.78 is 24.0.